The van der Waals surface area contributed by atoms with E-state index in [9.17, 15) is 9.59 Å². The molecule has 0 unspecified atom stereocenters. The monoisotopic (exact) mass is 465 g/mol. The number of hydrogen-bond acceptors (Lipinski definition) is 8. The summed E-state index contributed by atoms with van der Waals surface area (Å²) in [6.07, 6.45) is 0.736. The zero-order valence-electron chi connectivity index (χ0n) is 19.8. The van der Waals surface area contributed by atoms with Gasteiger partial charge in [-0.1, -0.05) is 25.9 Å². The van der Waals surface area contributed by atoms with E-state index in [1.54, 1.807) is 6.07 Å². The van der Waals surface area contributed by atoms with Crippen molar-refractivity contribution >= 4 is 17.8 Å². The molecular weight excluding hydrogens is 438 g/mol. The Morgan fingerprint density at radius 3 is 2.47 bits per heavy atom. The van der Waals surface area contributed by atoms with Crippen molar-refractivity contribution in [1.82, 2.24) is 0 Å². The zero-order chi connectivity index (χ0) is 24.2. The third-order valence-corrected chi connectivity index (χ3v) is 6.77. The zero-order valence-corrected chi connectivity index (χ0v) is 19.8. The number of rotatable bonds is 5. The Morgan fingerprint density at radius 2 is 1.82 bits per heavy atom. The molecule has 8 heteroatoms. The van der Waals surface area contributed by atoms with Gasteiger partial charge >= 0.3 is 0 Å². The second-order valence-corrected chi connectivity index (χ2v) is 9.75. The van der Waals surface area contributed by atoms with Gasteiger partial charge in [0.25, 0.3) is 0 Å². The number of fused-ring (bicyclic) bond motifs is 4. The van der Waals surface area contributed by atoms with Crippen molar-refractivity contribution in [1.29, 1.82) is 0 Å². The fourth-order valence-electron chi connectivity index (χ4n) is 5.22. The van der Waals surface area contributed by atoms with Crippen LogP contribution >= 0.6 is 0 Å². The molecule has 5 rings (SSSR count). The van der Waals surface area contributed by atoms with Gasteiger partial charge in [0.1, 0.15) is 12.4 Å². The number of ketones is 1. The van der Waals surface area contributed by atoms with Crippen LogP contribution in [0.5, 0.6) is 23.0 Å². The Balaban J connectivity index is 1.80. The Hall–Kier alpha value is -3.55. The summed E-state index contributed by atoms with van der Waals surface area (Å²) in [5.41, 5.74) is 2.99. The van der Waals surface area contributed by atoms with Crippen LogP contribution in [0.1, 0.15) is 53.7 Å². The highest BCUT2D eigenvalue weighted by Crippen LogP contribution is 2.52. The molecule has 3 aliphatic rings. The predicted octanol–water partition coefficient (Wildman–Crippen LogP) is 3.97. The molecule has 3 atom stereocenters. The minimum atomic E-state index is -0.603. The molecule has 0 spiro atoms. The Kier molecular flexibility index (Phi) is 5.26. The summed E-state index contributed by atoms with van der Waals surface area (Å²) in [7, 11) is 3.02. The summed E-state index contributed by atoms with van der Waals surface area (Å²) in [4.78, 5) is 31.4. The Bertz CT molecular complexity index is 1210. The number of Topliss-reactive ketones (excluding diaryl/α,β-unsaturated/α-hetero) is 1. The maximum absolute atomic E-state index is 13.9. The van der Waals surface area contributed by atoms with Gasteiger partial charge in [-0.15, -0.1) is 0 Å². The molecule has 0 fully saturated rings. The lowest BCUT2D eigenvalue weighted by Gasteiger charge is -2.39. The summed E-state index contributed by atoms with van der Waals surface area (Å²) in [6.45, 7) is 6.18. The van der Waals surface area contributed by atoms with Gasteiger partial charge in [-0.25, -0.2) is 0 Å². The number of benzene rings is 2. The highest BCUT2D eigenvalue weighted by Gasteiger charge is 2.50. The van der Waals surface area contributed by atoms with Gasteiger partial charge in [-0.2, -0.15) is 0 Å². The highest BCUT2D eigenvalue weighted by molar-refractivity contribution is 6.09. The van der Waals surface area contributed by atoms with Crippen LogP contribution in [-0.2, 0) is 9.63 Å². The highest BCUT2D eigenvalue weighted by atomic mass is 16.7. The molecule has 2 aromatic carbocycles. The van der Waals surface area contributed by atoms with Crippen LogP contribution in [0.25, 0.3) is 0 Å². The molecule has 0 saturated carbocycles. The number of nitrogens with zero attached hydrogens (tertiary/aromatic N) is 1. The third-order valence-electron chi connectivity index (χ3n) is 6.77. The average molecular weight is 466 g/mol. The molecule has 0 radical (unpaired) electrons. The van der Waals surface area contributed by atoms with Crippen molar-refractivity contribution in [3.05, 3.63) is 46.5 Å². The Labute approximate surface area is 197 Å². The molecule has 2 aliphatic heterocycles. The molecule has 0 amide bonds. The van der Waals surface area contributed by atoms with E-state index in [2.05, 4.69) is 5.16 Å². The van der Waals surface area contributed by atoms with Crippen LogP contribution in [0.2, 0.25) is 0 Å². The lowest BCUT2D eigenvalue weighted by Crippen LogP contribution is -2.44. The fourth-order valence-corrected chi connectivity index (χ4v) is 5.22. The summed E-state index contributed by atoms with van der Waals surface area (Å²) < 4.78 is 22.3. The molecule has 0 saturated heterocycles. The van der Waals surface area contributed by atoms with Crippen molar-refractivity contribution in [3.63, 3.8) is 0 Å². The van der Waals surface area contributed by atoms with Gasteiger partial charge in [0.15, 0.2) is 29.3 Å². The van der Waals surface area contributed by atoms with E-state index in [0.29, 0.717) is 35.2 Å². The molecule has 178 valence electrons. The van der Waals surface area contributed by atoms with E-state index in [-0.39, 0.29) is 24.4 Å². The van der Waals surface area contributed by atoms with Crippen LogP contribution in [-0.4, -0.2) is 45.4 Å². The van der Waals surface area contributed by atoms with E-state index >= 15 is 0 Å². The van der Waals surface area contributed by atoms with Crippen LogP contribution in [0.15, 0.2) is 29.4 Å². The number of aldehydes is 1. The first-order valence-electron chi connectivity index (χ1n) is 11.2. The summed E-state index contributed by atoms with van der Waals surface area (Å²) in [5, 5.41) is 4.33. The molecule has 1 aliphatic carbocycles. The minimum absolute atomic E-state index is 0.0893. The van der Waals surface area contributed by atoms with E-state index in [1.807, 2.05) is 39.0 Å². The molecule has 0 aromatic heterocycles. The number of methoxy groups -OCH3 is 2. The largest absolute Gasteiger partial charge is 0.493 e. The fraction of sp³-hybridized carbons (Fsp3) is 0.423. The summed E-state index contributed by atoms with van der Waals surface area (Å²) >= 11 is 0. The van der Waals surface area contributed by atoms with Gasteiger partial charge < -0.3 is 23.8 Å². The lowest BCUT2D eigenvalue weighted by atomic mass is 9.61. The lowest BCUT2D eigenvalue weighted by molar-refractivity contribution is -0.132. The van der Waals surface area contributed by atoms with Gasteiger partial charge in [0.05, 0.1) is 31.4 Å². The first kappa shape index (κ1) is 22.3. The van der Waals surface area contributed by atoms with Crippen molar-refractivity contribution in [2.24, 2.45) is 22.4 Å². The smallest absolute Gasteiger partial charge is 0.231 e. The normalized spacial score (nSPS) is 22.3. The van der Waals surface area contributed by atoms with Crippen molar-refractivity contribution in [2.75, 3.05) is 27.6 Å². The quantitative estimate of drug-likeness (QED) is 0.617. The predicted molar refractivity (Wildman–Crippen MR) is 123 cm³/mol. The van der Waals surface area contributed by atoms with Crippen LogP contribution in [0.4, 0.5) is 0 Å². The van der Waals surface area contributed by atoms with Gasteiger partial charge in [0.2, 0.25) is 6.79 Å². The second kappa shape index (κ2) is 8.04. The van der Waals surface area contributed by atoms with E-state index in [4.69, 9.17) is 23.8 Å². The standard InChI is InChI=1S/C26H27NO7/c1-26(2,3)25(29)22-17-11-34-27-23(17)16-9-19-18(32-12-33-19)8-15(16)21(22)13-6-14(10-28)24(31-5)20(7-13)30-4/h6-10,17,21-22H,11-12H2,1-5H3/t17-,21+,22-/m0/s1. The number of carbonyl (C=O) groups excluding carboxylic acids is 2. The maximum atomic E-state index is 13.9. The SMILES string of the molecule is COc1cc([C@@H]2c3cc4c(cc3C3=NOC[C@H]3[C@@H]2C(=O)C(C)(C)C)OCO4)cc(C=O)c1OC. The topological polar surface area (TPSA) is 92.7 Å². The van der Waals surface area contributed by atoms with Gasteiger partial charge in [-0.3, -0.25) is 9.59 Å². The molecule has 0 N–H and O–H groups in total. The van der Waals surface area contributed by atoms with E-state index in [0.717, 1.165) is 28.7 Å². The number of hydrogen-bond donors (Lipinski definition) is 0. The number of oxime groups is 1. The first-order valence-corrected chi connectivity index (χ1v) is 11.2. The second-order valence-electron chi connectivity index (χ2n) is 9.75. The van der Waals surface area contributed by atoms with Crippen LogP contribution < -0.4 is 18.9 Å². The van der Waals surface area contributed by atoms with Crippen molar-refractivity contribution in [3.8, 4) is 23.0 Å². The van der Waals surface area contributed by atoms with Crippen molar-refractivity contribution < 1.29 is 33.4 Å². The van der Waals surface area contributed by atoms with Crippen LogP contribution in [0.3, 0.4) is 0 Å². The summed E-state index contributed by atoms with van der Waals surface area (Å²) in [5.74, 6) is 1.02. The summed E-state index contributed by atoms with van der Waals surface area (Å²) in [6, 6.07) is 7.43. The minimum Gasteiger partial charge on any atom is -0.493 e. The average Bonchev–Trinajstić information content (AvgIpc) is 3.49. The molecule has 34 heavy (non-hydrogen) atoms. The van der Waals surface area contributed by atoms with Crippen LogP contribution in [0, 0.1) is 17.3 Å². The van der Waals surface area contributed by atoms with Crippen molar-refractivity contribution in [2.45, 2.75) is 26.7 Å². The van der Waals surface area contributed by atoms with Gasteiger partial charge in [-0.05, 0) is 35.4 Å². The van der Waals surface area contributed by atoms with E-state index < -0.39 is 11.3 Å². The van der Waals surface area contributed by atoms with E-state index in [1.165, 1.54) is 14.2 Å². The number of ether oxygens (including phenoxy) is 4. The molecular formula is C26H27NO7. The number of carbonyl (C=O) groups is 2. The molecule has 0 bridgehead atoms. The third kappa shape index (κ3) is 3.31. The molecule has 2 heterocycles. The molecule has 2 aromatic rings. The molecule has 8 nitrogen and oxygen atoms in total. The van der Waals surface area contributed by atoms with Gasteiger partial charge in [0, 0.05) is 22.8 Å². The Morgan fingerprint density at radius 1 is 1.09 bits per heavy atom. The maximum Gasteiger partial charge on any atom is 0.231 e. The first-order chi connectivity index (χ1) is 16.3.